The van der Waals surface area contributed by atoms with E-state index in [1.807, 2.05) is 19.3 Å². The highest BCUT2D eigenvalue weighted by Crippen LogP contribution is 2.23. The highest BCUT2D eigenvalue weighted by molar-refractivity contribution is 5.79. The maximum absolute atomic E-state index is 4.40. The van der Waals surface area contributed by atoms with Gasteiger partial charge in [-0.15, -0.1) is 0 Å². The Balaban J connectivity index is 1.85. The Morgan fingerprint density at radius 3 is 3.00 bits per heavy atom. The summed E-state index contributed by atoms with van der Waals surface area (Å²) in [6.45, 7) is 5.14. The summed E-state index contributed by atoms with van der Waals surface area (Å²) in [4.78, 5) is 8.72. The van der Waals surface area contributed by atoms with Crippen molar-refractivity contribution in [2.24, 2.45) is 10.9 Å². The van der Waals surface area contributed by atoms with Crippen molar-refractivity contribution in [3.8, 4) is 0 Å². The first-order valence-corrected chi connectivity index (χ1v) is 7.56. The highest BCUT2D eigenvalue weighted by Gasteiger charge is 2.19. The van der Waals surface area contributed by atoms with Crippen molar-refractivity contribution in [3.05, 3.63) is 29.6 Å². The maximum atomic E-state index is 4.40. The maximum Gasteiger partial charge on any atom is 0.191 e. The fraction of sp³-hybridized carbons (Fsp3) is 0.625. The van der Waals surface area contributed by atoms with Crippen LogP contribution in [-0.2, 0) is 6.54 Å². The van der Waals surface area contributed by atoms with Crippen molar-refractivity contribution in [3.63, 3.8) is 0 Å². The zero-order valence-electron chi connectivity index (χ0n) is 12.8. The lowest BCUT2D eigenvalue weighted by molar-refractivity contribution is 0.324. The predicted molar refractivity (Wildman–Crippen MR) is 83.7 cm³/mol. The number of nitrogens with zero attached hydrogens (tertiary/aromatic N) is 2. The molecule has 1 saturated carbocycles. The Bertz CT molecular complexity index is 456. The summed E-state index contributed by atoms with van der Waals surface area (Å²) in [5.41, 5.74) is 2.29. The lowest BCUT2D eigenvalue weighted by Crippen LogP contribution is -2.44. The second-order valence-corrected chi connectivity index (χ2v) is 5.81. The summed E-state index contributed by atoms with van der Waals surface area (Å²) in [7, 11) is 1.83. The monoisotopic (exact) mass is 274 g/mol. The predicted octanol–water partition coefficient (Wildman–Crippen LogP) is 2.63. The molecule has 2 atom stereocenters. The number of pyridine rings is 1. The van der Waals surface area contributed by atoms with Crippen molar-refractivity contribution in [2.75, 3.05) is 7.05 Å². The van der Waals surface area contributed by atoms with Gasteiger partial charge < -0.3 is 10.6 Å². The first-order chi connectivity index (χ1) is 9.69. The third kappa shape index (κ3) is 4.22. The fourth-order valence-electron chi connectivity index (χ4n) is 2.82. The molecule has 0 radical (unpaired) electrons. The molecule has 2 unspecified atom stereocenters. The quantitative estimate of drug-likeness (QED) is 0.658. The fourth-order valence-corrected chi connectivity index (χ4v) is 2.82. The molecule has 1 aliphatic carbocycles. The van der Waals surface area contributed by atoms with Crippen LogP contribution in [0.2, 0.25) is 0 Å². The van der Waals surface area contributed by atoms with Crippen molar-refractivity contribution in [2.45, 2.75) is 52.1 Å². The molecule has 4 heteroatoms. The van der Waals surface area contributed by atoms with E-state index in [4.69, 9.17) is 0 Å². The molecule has 1 fully saturated rings. The van der Waals surface area contributed by atoms with Gasteiger partial charge >= 0.3 is 0 Å². The second-order valence-electron chi connectivity index (χ2n) is 5.81. The summed E-state index contributed by atoms with van der Waals surface area (Å²) < 4.78 is 0. The minimum Gasteiger partial charge on any atom is -0.354 e. The van der Waals surface area contributed by atoms with Crippen LogP contribution in [0.1, 0.15) is 43.9 Å². The Labute approximate surface area is 122 Å². The third-order valence-electron chi connectivity index (χ3n) is 4.04. The van der Waals surface area contributed by atoms with Crippen molar-refractivity contribution in [1.82, 2.24) is 15.6 Å². The topological polar surface area (TPSA) is 49.3 Å². The summed E-state index contributed by atoms with van der Waals surface area (Å²) in [6.07, 6.45) is 6.99. The van der Waals surface area contributed by atoms with Gasteiger partial charge in [0.1, 0.15) is 0 Å². The van der Waals surface area contributed by atoms with Gasteiger partial charge in [-0.25, -0.2) is 0 Å². The van der Waals surface area contributed by atoms with E-state index in [0.717, 1.165) is 17.6 Å². The Morgan fingerprint density at radius 1 is 1.45 bits per heavy atom. The molecule has 0 aliphatic heterocycles. The summed E-state index contributed by atoms with van der Waals surface area (Å²) >= 11 is 0. The van der Waals surface area contributed by atoms with Gasteiger partial charge in [-0.3, -0.25) is 9.98 Å². The summed E-state index contributed by atoms with van der Waals surface area (Å²) in [6, 6.07) is 4.60. The minimum atomic E-state index is 0.551. The molecular formula is C16H26N4. The SMILES string of the molecule is CN=C(NCc1ncccc1C)NC1CCCC(C)C1. The van der Waals surface area contributed by atoms with E-state index in [-0.39, 0.29) is 0 Å². The first-order valence-electron chi connectivity index (χ1n) is 7.56. The van der Waals surface area contributed by atoms with Crippen LogP contribution in [0.4, 0.5) is 0 Å². The molecule has 1 aliphatic rings. The molecule has 0 amide bonds. The molecule has 1 aromatic heterocycles. The van der Waals surface area contributed by atoms with E-state index in [1.54, 1.807) is 0 Å². The van der Waals surface area contributed by atoms with E-state index >= 15 is 0 Å². The molecule has 1 aromatic rings. The van der Waals surface area contributed by atoms with Crippen LogP contribution >= 0.6 is 0 Å². The standard InChI is InChI=1S/C16H26N4/c1-12-6-4-8-14(10-12)20-16(17-3)19-11-15-13(2)7-5-9-18-15/h5,7,9,12,14H,4,6,8,10-11H2,1-3H3,(H2,17,19,20). The van der Waals surface area contributed by atoms with E-state index in [2.05, 4.69) is 40.5 Å². The zero-order valence-corrected chi connectivity index (χ0v) is 12.8. The lowest BCUT2D eigenvalue weighted by Gasteiger charge is -2.28. The largest absolute Gasteiger partial charge is 0.354 e. The van der Waals surface area contributed by atoms with Gasteiger partial charge in [0.05, 0.1) is 12.2 Å². The molecule has 2 rings (SSSR count). The van der Waals surface area contributed by atoms with Gasteiger partial charge in [0, 0.05) is 19.3 Å². The van der Waals surface area contributed by atoms with Crippen LogP contribution in [0.3, 0.4) is 0 Å². The molecule has 20 heavy (non-hydrogen) atoms. The molecule has 2 N–H and O–H groups in total. The number of guanidine groups is 1. The van der Waals surface area contributed by atoms with E-state index in [0.29, 0.717) is 12.6 Å². The Hall–Kier alpha value is -1.58. The van der Waals surface area contributed by atoms with Gasteiger partial charge in [0.15, 0.2) is 5.96 Å². The number of aliphatic imine (C=N–C) groups is 1. The van der Waals surface area contributed by atoms with Crippen molar-refractivity contribution >= 4 is 5.96 Å². The molecule has 0 saturated heterocycles. The number of aromatic nitrogens is 1. The third-order valence-corrected chi connectivity index (χ3v) is 4.04. The van der Waals surface area contributed by atoms with Crippen molar-refractivity contribution in [1.29, 1.82) is 0 Å². The highest BCUT2D eigenvalue weighted by atomic mass is 15.2. The van der Waals surface area contributed by atoms with Gasteiger partial charge in [-0.05, 0) is 37.3 Å². The number of hydrogen-bond donors (Lipinski definition) is 2. The van der Waals surface area contributed by atoms with Crippen LogP contribution in [-0.4, -0.2) is 24.0 Å². The van der Waals surface area contributed by atoms with Crippen LogP contribution in [0.25, 0.3) is 0 Å². The molecule has 4 nitrogen and oxygen atoms in total. The van der Waals surface area contributed by atoms with Crippen LogP contribution < -0.4 is 10.6 Å². The van der Waals surface area contributed by atoms with E-state index in [1.165, 1.54) is 31.2 Å². The van der Waals surface area contributed by atoms with Gasteiger partial charge in [0.25, 0.3) is 0 Å². The average Bonchev–Trinajstić information content (AvgIpc) is 2.45. The van der Waals surface area contributed by atoms with Crippen LogP contribution in [0, 0.1) is 12.8 Å². The molecule has 110 valence electrons. The Kier molecular flexibility index (Phi) is 5.39. The summed E-state index contributed by atoms with van der Waals surface area (Å²) in [5, 5.41) is 6.90. The van der Waals surface area contributed by atoms with Crippen LogP contribution in [0.15, 0.2) is 23.3 Å². The number of rotatable bonds is 3. The molecular weight excluding hydrogens is 248 g/mol. The molecule has 0 spiro atoms. The lowest BCUT2D eigenvalue weighted by atomic mass is 9.87. The van der Waals surface area contributed by atoms with E-state index in [9.17, 15) is 0 Å². The molecule has 0 bridgehead atoms. The van der Waals surface area contributed by atoms with Gasteiger partial charge in [0.2, 0.25) is 0 Å². The average molecular weight is 274 g/mol. The van der Waals surface area contributed by atoms with Gasteiger partial charge in [-0.2, -0.15) is 0 Å². The van der Waals surface area contributed by atoms with Crippen LogP contribution in [0.5, 0.6) is 0 Å². The number of hydrogen-bond acceptors (Lipinski definition) is 2. The Morgan fingerprint density at radius 2 is 2.30 bits per heavy atom. The molecule has 1 heterocycles. The second kappa shape index (κ2) is 7.27. The van der Waals surface area contributed by atoms with Gasteiger partial charge in [-0.1, -0.05) is 25.8 Å². The first kappa shape index (κ1) is 14.8. The minimum absolute atomic E-state index is 0.551. The molecule has 0 aromatic carbocycles. The normalized spacial score (nSPS) is 23.4. The number of nitrogens with one attached hydrogen (secondary N) is 2. The zero-order chi connectivity index (χ0) is 14.4. The number of aryl methyl sites for hydroxylation is 1. The summed E-state index contributed by atoms with van der Waals surface area (Å²) in [5.74, 6) is 1.70. The van der Waals surface area contributed by atoms with Crippen molar-refractivity contribution < 1.29 is 0 Å². The smallest absolute Gasteiger partial charge is 0.191 e. The van der Waals surface area contributed by atoms with E-state index < -0.39 is 0 Å².